The van der Waals surface area contributed by atoms with E-state index < -0.39 is 30.8 Å². The summed E-state index contributed by atoms with van der Waals surface area (Å²) in [6.07, 6.45) is -9.58. The van der Waals surface area contributed by atoms with Crippen molar-refractivity contribution in [3.63, 3.8) is 0 Å². The molecule has 9 heteroatoms. The van der Waals surface area contributed by atoms with Gasteiger partial charge in [0.15, 0.2) is 0 Å². The predicted molar refractivity (Wildman–Crippen MR) is 148 cm³/mol. The quantitative estimate of drug-likeness (QED) is 0.166. The fourth-order valence-corrected chi connectivity index (χ4v) is 6.34. The third kappa shape index (κ3) is 5.58. The van der Waals surface area contributed by atoms with Gasteiger partial charge < -0.3 is 4.89 Å². The third-order valence-electron chi connectivity index (χ3n) is 6.70. The number of hydrogen-bond donors (Lipinski definition) is 1. The molecular weight excluding hydrogens is 561 g/mol. The summed E-state index contributed by atoms with van der Waals surface area (Å²) in [4.78, 5) is 11.0. The van der Waals surface area contributed by atoms with E-state index in [0.29, 0.717) is 0 Å². The maximum absolute atomic E-state index is 14.2. The predicted octanol–water partition coefficient (Wildman–Crippen LogP) is 8.95. The van der Waals surface area contributed by atoms with E-state index in [-0.39, 0.29) is 44.0 Å². The Labute approximate surface area is 232 Å². The van der Waals surface area contributed by atoms with Crippen molar-refractivity contribution in [2.75, 3.05) is 0 Å². The molecule has 2 nitrogen and oxygen atoms in total. The van der Waals surface area contributed by atoms with E-state index in [9.17, 15) is 35.8 Å². The highest BCUT2D eigenvalue weighted by molar-refractivity contribution is 7.73. The van der Waals surface area contributed by atoms with Gasteiger partial charge in [-0.25, -0.2) is 0 Å². The normalized spacial score (nSPS) is 13.5. The molecule has 1 unspecified atom stereocenters. The summed E-state index contributed by atoms with van der Waals surface area (Å²) in [7, 11) is -4.10. The van der Waals surface area contributed by atoms with Crippen molar-refractivity contribution in [2.45, 2.75) is 12.4 Å². The first-order valence-electron chi connectivity index (χ1n) is 12.3. The van der Waals surface area contributed by atoms with Crippen molar-refractivity contribution >= 4 is 18.0 Å². The van der Waals surface area contributed by atoms with Crippen LogP contribution in [0, 0.1) is 0 Å². The zero-order chi connectivity index (χ0) is 29.4. The molecule has 5 aromatic carbocycles. The minimum atomic E-state index is -4.81. The molecule has 0 spiro atoms. The van der Waals surface area contributed by atoms with Crippen LogP contribution >= 0.6 is 7.37 Å². The first kappa shape index (κ1) is 28.4. The Morgan fingerprint density at radius 3 is 1.59 bits per heavy atom. The van der Waals surface area contributed by atoms with Gasteiger partial charge in [-0.2, -0.15) is 26.3 Å². The van der Waals surface area contributed by atoms with Crippen molar-refractivity contribution in [1.82, 2.24) is 0 Å². The average Bonchev–Trinajstić information content (AvgIpc) is 2.96. The molecule has 0 aliphatic carbocycles. The number of rotatable bonds is 5. The van der Waals surface area contributed by atoms with Gasteiger partial charge in [-0.3, -0.25) is 4.57 Å². The molecule has 0 saturated heterocycles. The van der Waals surface area contributed by atoms with Gasteiger partial charge in [0, 0.05) is 10.6 Å². The molecule has 0 aromatic heterocycles. The topological polar surface area (TPSA) is 37.3 Å². The molecule has 0 fully saturated rings. The van der Waals surface area contributed by atoms with Crippen LogP contribution in [0.2, 0.25) is 0 Å². The second-order valence-electron chi connectivity index (χ2n) is 9.28. The molecule has 0 aliphatic heterocycles. The monoisotopic (exact) mass is 582 g/mol. The molecule has 41 heavy (non-hydrogen) atoms. The van der Waals surface area contributed by atoms with Gasteiger partial charge in [-0.15, -0.1) is 0 Å². The molecule has 0 aliphatic rings. The maximum Gasteiger partial charge on any atom is 0.417 e. The first-order valence-corrected chi connectivity index (χ1v) is 14.0. The number of alkyl halides is 6. The molecule has 0 bridgehead atoms. The Hall–Kier alpha value is -4.13. The smallest absolute Gasteiger partial charge is 0.338 e. The molecule has 0 radical (unpaired) electrons. The van der Waals surface area contributed by atoms with Crippen LogP contribution in [0.25, 0.3) is 33.4 Å². The van der Waals surface area contributed by atoms with E-state index in [4.69, 9.17) is 0 Å². The van der Waals surface area contributed by atoms with E-state index in [1.165, 1.54) is 84.9 Å². The maximum atomic E-state index is 14.2. The summed E-state index contributed by atoms with van der Waals surface area (Å²) < 4.78 is 98.4. The summed E-state index contributed by atoms with van der Waals surface area (Å²) in [5.74, 6) is 0. The van der Waals surface area contributed by atoms with Crippen LogP contribution in [0.3, 0.4) is 0 Å². The van der Waals surface area contributed by atoms with E-state index in [1.807, 2.05) is 0 Å². The number of benzene rings is 5. The molecule has 1 atom stereocenters. The highest BCUT2D eigenvalue weighted by Crippen LogP contribution is 2.48. The van der Waals surface area contributed by atoms with Crippen LogP contribution in [0.5, 0.6) is 0 Å². The standard InChI is InChI=1S/C32H21F6O2P/c33-31(34,35)28-18-6-4-14-25(28)26-17-9-16-24(30(26)27-15-5-7-19-29(27)32(36,37)38)21-10-8-13-23(20-21)41(39,40)22-11-2-1-3-12-22/h1-20H,(H,39,40). The fourth-order valence-electron chi connectivity index (χ4n) is 4.86. The lowest BCUT2D eigenvalue weighted by atomic mass is 9.84. The van der Waals surface area contributed by atoms with Crippen molar-refractivity contribution in [2.24, 2.45) is 0 Å². The Morgan fingerprint density at radius 2 is 0.951 bits per heavy atom. The Balaban J connectivity index is 1.83. The van der Waals surface area contributed by atoms with Crippen LogP contribution in [-0.2, 0) is 16.9 Å². The van der Waals surface area contributed by atoms with E-state index >= 15 is 0 Å². The van der Waals surface area contributed by atoms with Gasteiger partial charge in [-0.1, -0.05) is 84.9 Å². The average molecular weight is 582 g/mol. The van der Waals surface area contributed by atoms with Gasteiger partial charge in [-0.05, 0) is 69.8 Å². The highest BCUT2D eigenvalue weighted by Gasteiger charge is 2.37. The summed E-state index contributed by atoms with van der Waals surface area (Å²) in [6.45, 7) is 0. The number of halogens is 6. The molecular formula is C32H21F6O2P. The molecule has 0 saturated carbocycles. The van der Waals surface area contributed by atoms with Crippen LogP contribution < -0.4 is 10.6 Å². The second-order valence-corrected chi connectivity index (χ2v) is 11.5. The lowest BCUT2D eigenvalue weighted by Gasteiger charge is -2.22. The summed E-state index contributed by atoms with van der Waals surface area (Å²) in [5.41, 5.74) is -2.33. The highest BCUT2D eigenvalue weighted by atomic mass is 31.2. The van der Waals surface area contributed by atoms with Crippen molar-refractivity contribution in [3.05, 3.63) is 132 Å². The Kier molecular flexibility index (Phi) is 7.41. The lowest BCUT2D eigenvalue weighted by molar-refractivity contribution is -0.138. The lowest BCUT2D eigenvalue weighted by Crippen LogP contribution is -2.15. The summed E-state index contributed by atoms with van der Waals surface area (Å²) in [5, 5.41) is 0.185. The largest absolute Gasteiger partial charge is 0.417 e. The van der Waals surface area contributed by atoms with E-state index in [1.54, 1.807) is 24.3 Å². The van der Waals surface area contributed by atoms with E-state index in [0.717, 1.165) is 12.1 Å². The van der Waals surface area contributed by atoms with Gasteiger partial charge in [0.25, 0.3) is 7.37 Å². The van der Waals surface area contributed by atoms with Crippen LogP contribution in [-0.4, -0.2) is 4.89 Å². The summed E-state index contributed by atoms with van der Waals surface area (Å²) in [6, 6.07) is 27.4. The molecule has 5 aromatic rings. The zero-order valence-electron chi connectivity index (χ0n) is 21.1. The molecule has 0 heterocycles. The Morgan fingerprint density at radius 1 is 0.488 bits per heavy atom. The van der Waals surface area contributed by atoms with Crippen LogP contribution in [0.4, 0.5) is 26.3 Å². The van der Waals surface area contributed by atoms with Crippen molar-refractivity contribution < 1.29 is 35.8 Å². The van der Waals surface area contributed by atoms with Gasteiger partial charge in [0.05, 0.1) is 11.1 Å². The van der Waals surface area contributed by atoms with Crippen molar-refractivity contribution in [3.8, 4) is 33.4 Å². The first-order chi connectivity index (χ1) is 19.4. The second kappa shape index (κ2) is 10.7. The SMILES string of the molecule is O=P(O)(c1ccccc1)c1cccc(-c2cccc(-c3ccccc3C(F)(F)F)c2-c2ccccc2C(F)(F)F)c1. The van der Waals surface area contributed by atoms with E-state index in [2.05, 4.69) is 0 Å². The summed E-state index contributed by atoms with van der Waals surface area (Å²) >= 11 is 0. The third-order valence-corrected chi connectivity index (χ3v) is 8.68. The molecule has 208 valence electrons. The van der Waals surface area contributed by atoms with Gasteiger partial charge >= 0.3 is 12.4 Å². The molecule has 5 rings (SSSR count). The van der Waals surface area contributed by atoms with Crippen molar-refractivity contribution in [1.29, 1.82) is 0 Å². The zero-order valence-corrected chi connectivity index (χ0v) is 22.0. The number of hydrogen-bond acceptors (Lipinski definition) is 1. The van der Waals surface area contributed by atoms with Crippen LogP contribution in [0.1, 0.15) is 11.1 Å². The minimum Gasteiger partial charge on any atom is -0.338 e. The van der Waals surface area contributed by atoms with Crippen LogP contribution in [0.15, 0.2) is 121 Å². The Bertz CT molecular complexity index is 1760. The molecule has 0 amide bonds. The minimum absolute atomic E-state index is 0.0253. The molecule has 1 N–H and O–H groups in total. The fraction of sp³-hybridized carbons (Fsp3) is 0.0625. The van der Waals surface area contributed by atoms with Gasteiger partial charge in [0.1, 0.15) is 0 Å². The van der Waals surface area contributed by atoms with Gasteiger partial charge in [0.2, 0.25) is 0 Å².